The summed E-state index contributed by atoms with van der Waals surface area (Å²) in [6, 6.07) is 0. The highest BCUT2D eigenvalue weighted by molar-refractivity contribution is 5.71. The summed E-state index contributed by atoms with van der Waals surface area (Å²) < 4.78 is 5.01. The summed E-state index contributed by atoms with van der Waals surface area (Å²) in [5.74, 6) is -0.351. The lowest BCUT2D eigenvalue weighted by molar-refractivity contribution is -0.149. The van der Waals surface area contributed by atoms with Crippen LogP contribution in [0.3, 0.4) is 0 Å². The summed E-state index contributed by atoms with van der Waals surface area (Å²) in [4.78, 5) is 10.8. The van der Waals surface area contributed by atoms with Crippen molar-refractivity contribution >= 4 is 5.97 Å². The zero-order valence-corrected chi connectivity index (χ0v) is 7.03. The Kier molecular flexibility index (Phi) is 3.49. The molecule has 0 heterocycles. The van der Waals surface area contributed by atoms with Crippen molar-refractivity contribution in [1.29, 1.82) is 0 Å². The van der Waals surface area contributed by atoms with Gasteiger partial charge in [-0.2, -0.15) is 0 Å². The number of esters is 1. The fourth-order valence-corrected chi connectivity index (χ4v) is 1.40. The van der Waals surface area contributed by atoms with Crippen LogP contribution in [0.5, 0.6) is 0 Å². The number of hydrogen-bond acceptors (Lipinski definition) is 4. The van der Waals surface area contributed by atoms with E-state index in [1.807, 2.05) is 0 Å². The van der Waals surface area contributed by atoms with Crippen LogP contribution < -0.4 is 5.73 Å². The zero-order chi connectivity index (χ0) is 8.97. The highest BCUT2D eigenvalue weighted by atomic mass is 16.5. The van der Waals surface area contributed by atoms with Crippen molar-refractivity contribution in [2.45, 2.75) is 37.9 Å². The molecule has 12 heavy (non-hydrogen) atoms. The topological polar surface area (TPSA) is 72.6 Å². The highest BCUT2D eigenvalue weighted by Gasteiger charge is 2.21. The van der Waals surface area contributed by atoms with Crippen molar-refractivity contribution < 1.29 is 14.6 Å². The van der Waals surface area contributed by atoms with Crippen LogP contribution in [0.25, 0.3) is 0 Å². The van der Waals surface area contributed by atoms with Gasteiger partial charge in [-0.15, -0.1) is 0 Å². The van der Waals surface area contributed by atoms with Crippen LogP contribution in [0, 0.1) is 0 Å². The normalized spacial score (nSPS) is 29.8. The van der Waals surface area contributed by atoms with E-state index in [-0.39, 0.29) is 24.7 Å². The summed E-state index contributed by atoms with van der Waals surface area (Å²) in [6.07, 6.45) is 2.73. The number of rotatable bonds is 2. The van der Waals surface area contributed by atoms with Gasteiger partial charge in [0.15, 0.2) is 0 Å². The number of hydrogen-bond donors (Lipinski definition) is 2. The molecule has 1 aliphatic rings. The molecule has 0 atom stereocenters. The minimum absolute atomic E-state index is 0.0237. The first kappa shape index (κ1) is 9.48. The molecule has 0 radical (unpaired) electrons. The van der Waals surface area contributed by atoms with E-state index in [9.17, 15) is 4.79 Å². The molecular weight excluding hydrogens is 158 g/mol. The predicted molar refractivity (Wildman–Crippen MR) is 43.4 cm³/mol. The van der Waals surface area contributed by atoms with E-state index in [4.69, 9.17) is 15.6 Å². The Hall–Kier alpha value is -0.610. The Morgan fingerprint density at radius 2 is 2.00 bits per heavy atom. The summed E-state index contributed by atoms with van der Waals surface area (Å²) in [6.45, 7) is -0.0565. The van der Waals surface area contributed by atoms with Crippen molar-refractivity contribution in [3.8, 4) is 0 Å². The van der Waals surface area contributed by atoms with Gasteiger partial charge in [0.25, 0.3) is 0 Å². The van der Waals surface area contributed by atoms with Gasteiger partial charge < -0.3 is 15.6 Å². The maximum Gasteiger partial charge on any atom is 0.319 e. The molecule has 0 bridgehead atoms. The van der Waals surface area contributed by atoms with Gasteiger partial charge in [-0.1, -0.05) is 0 Å². The molecule has 0 aliphatic heterocycles. The lowest BCUT2D eigenvalue weighted by Crippen LogP contribution is -2.29. The van der Waals surface area contributed by atoms with Gasteiger partial charge in [0, 0.05) is 0 Å². The van der Waals surface area contributed by atoms with Gasteiger partial charge >= 0.3 is 5.97 Å². The summed E-state index contributed by atoms with van der Waals surface area (Å²) in [5, 5.41) is 9.15. The van der Waals surface area contributed by atoms with Crippen LogP contribution >= 0.6 is 0 Å². The molecule has 0 aromatic heterocycles. The third-order valence-electron chi connectivity index (χ3n) is 2.11. The zero-order valence-electron chi connectivity index (χ0n) is 7.03. The Balaban J connectivity index is 2.21. The van der Waals surface area contributed by atoms with E-state index in [0.29, 0.717) is 0 Å². The number of nitrogens with two attached hydrogens (primary N) is 1. The standard InChI is InChI=1S/C8H15NO3/c9-5-8(11)12-7-3-1-6(10)2-4-7/h6-7,10H,1-5,9H2. The molecule has 4 heteroatoms. The Morgan fingerprint density at radius 1 is 1.42 bits per heavy atom. The van der Waals surface area contributed by atoms with E-state index in [0.717, 1.165) is 25.7 Å². The molecule has 3 N–H and O–H groups in total. The van der Waals surface area contributed by atoms with E-state index < -0.39 is 0 Å². The third-order valence-corrected chi connectivity index (χ3v) is 2.11. The lowest BCUT2D eigenvalue weighted by atomic mass is 9.95. The van der Waals surface area contributed by atoms with Gasteiger partial charge in [0.2, 0.25) is 0 Å². The van der Waals surface area contributed by atoms with Crippen LogP contribution in [0.1, 0.15) is 25.7 Å². The van der Waals surface area contributed by atoms with Crippen molar-refractivity contribution in [3.05, 3.63) is 0 Å². The molecule has 0 unspecified atom stereocenters. The van der Waals surface area contributed by atoms with Gasteiger partial charge in [-0.25, -0.2) is 0 Å². The fourth-order valence-electron chi connectivity index (χ4n) is 1.40. The largest absolute Gasteiger partial charge is 0.461 e. The molecule has 1 saturated carbocycles. The molecule has 0 spiro atoms. The Morgan fingerprint density at radius 3 is 2.50 bits per heavy atom. The third kappa shape index (κ3) is 2.79. The van der Waals surface area contributed by atoms with Crippen molar-refractivity contribution in [2.75, 3.05) is 6.54 Å². The lowest BCUT2D eigenvalue weighted by Gasteiger charge is -2.24. The first-order valence-electron chi connectivity index (χ1n) is 4.30. The quantitative estimate of drug-likeness (QED) is 0.567. The first-order chi connectivity index (χ1) is 5.72. The Labute approximate surface area is 71.7 Å². The average molecular weight is 173 g/mol. The summed E-state index contributed by atoms with van der Waals surface area (Å²) in [7, 11) is 0. The second-order valence-electron chi connectivity index (χ2n) is 3.12. The maximum atomic E-state index is 10.8. The second-order valence-corrected chi connectivity index (χ2v) is 3.12. The summed E-state index contributed by atoms with van der Waals surface area (Å²) >= 11 is 0. The highest BCUT2D eigenvalue weighted by Crippen LogP contribution is 2.20. The smallest absolute Gasteiger partial charge is 0.319 e. The molecule has 0 saturated heterocycles. The van der Waals surface area contributed by atoms with Crippen LogP contribution in [-0.2, 0) is 9.53 Å². The van der Waals surface area contributed by atoms with Crippen LogP contribution in [-0.4, -0.2) is 29.8 Å². The fraction of sp³-hybridized carbons (Fsp3) is 0.875. The van der Waals surface area contributed by atoms with E-state index in [1.165, 1.54) is 0 Å². The molecule has 1 rings (SSSR count). The van der Waals surface area contributed by atoms with Crippen molar-refractivity contribution in [1.82, 2.24) is 0 Å². The molecule has 0 amide bonds. The van der Waals surface area contributed by atoms with Crippen molar-refractivity contribution in [2.24, 2.45) is 5.73 Å². The van der Waals surface area contributed by atoms with E-state index in [2.05, 4.69) is 0 Å². The van der Waals surface area contributed by atoms with Gasteiger partial charge in [-0.3, -0.25) is 4.79 Å². The van der Waals surface area contributed by atoms with Crippen LogP contribution in [0.15, 0.2) is 0 Å². The number of carbonyl (C=O) groups is 1. The number of carbonyl (C=O) groups excluding carboxylic acids is 1. The monoisotopic (exact) mass is 173 g/mol. The molecule has 1 fully saturated rings. The second kappa shape index (κ2) is 4.42. The number of ether oxygens (including phenoxy) is 1. The number of aliphatic hydroxyl groups excluding tert-OH is 1. The summed E-state index contributed by atoms with van der Waals surface area (Å²) in [5.41, 5.74) is 5.09. The van der Waals surface area contributed by atoms with Crippen molar-refractivity contribution in [3.63, 3.8) is 0 Å². The molecule has 0 aromatic carbocycles. The Bertz CT molecular complexity index is 152. The average Bonchev–Trinajstić information content (AvgIpc) is 2.09. The van der Waals surface area contributed by atoms with Gasteiger partial charge in [-0.05, 0) is 25.7 Å². The molecular formula is C8H15NO3. The maximum absolute atomic E-state index is 10.8. The SMILES string of the molecule is NCC(=O)OC1CCC(O)CC1. The molecule has 1 aliphatic carbocycles. The minimum atomic E-state index is -0.351. The number of aliphatic hydroxyl groups is 1. The van der Waals surface area contributed by atoms with Gasteiger partial charge in [0.05, 0.1) is 12.6 Å². The molecule has 70 valence electrons. The van der Waals surface area contributed by atoms with E-state index >= 15 is 0 Å². The minimum Gasteiger partial charge on any atom is -0.461 e. The van der Waals surface area contributed by atoms with E-state index in [1.54, 1.807) is 0 Å². The predicted octanol–water partition coefficient (Wildman–Crippen LogP) is -0.208. The van der Waals surface area contributed by atoms with Crippen LogP contribution in [0.2, 0.25) is 0 Å². The molecule has 0 aromatic rings. The molecule has 4 nitrogen and oxygen atoms in total. The van der Waals surface area contributed by atoms with Crippen LogP contribution in [0.4, 0.5) is 0 Å². The first-order valence-corrected chi connectivity index (χ1v) is 4.30. The van der Waals surface area contributed by atoms with Gasteiger partial charge in [0.1, 0.15) is 6.10 Å².